The molecule has 1 aromatic rings. The van der Waals surface area contributed by atoms with Gasteiger partial charge >= 0.3 is 6.61 Å². The van der Waals surface area contributed by atoms with Crippen molar-refractivity contribution in [2.45, 2.75) is 32.8 Å². The summed E-state index contributed by atoms with van der Waals surface area (Å²) in [6.45, 7) is 2.61. The van der Waals surface area contributed by atoms with Crippen molar-refractivity contribution in [3.05, 3.63) is 29.6 Å². The molecule has 0 bridgehead atoms. The predicted molar refractivity (Wildman–Crippen MR) is 51.7 cm³/mol. The Labute approximate surface area is 86.9 Å². The molecule has 0 heterocycles. The van der Waals surface area contributed by atoms with Crippen LogP contribution in [0.4, 0.5) is 13.2 Å². The average molecular weight is 218 g/mol. The van der Waals surface area contributed by atoms with Gasteiger partial charge in [0, 0.05) is 6.07 Å². The maximum atomic E-state index is 13.5. The highest BCUT2D eigenvalue weighted by Gasteiger charge is 2.19. The fourth-order valence-corrected chi connectivity index (χ4v) is 1.28. The first-order valence-corrected chi connectivity index (χ1v) is 4.55. The van der Waals surface area contributed by atoms with E-state index in [0.29, 0.717) is 5.56 Å². The summed E-state index contributed by atoms with van der Waals surface area (Å²) in [5.74, 6) is -0.684. The minimum atomic E-state index is -2.93. The van der Waals surface area contributed by atoms with Crippen molar-refractivity contribution >= 4 is 0 Å². The van der Waals surface area contributed by atoms with Gasteiger partial charge in [-0.3, -0.25) is 0 Å². The second-order valence-electron chi connectivity index (χ2n) is 4.27. The molecule has 1 rings (SSSR count). The molecule has 1 aromatic carbocycles. The van der Waals surface area contributed by atoms with Crippen LogP contribution >= 0.6 is 0 Å². The predicted octanol–water partition coefficient (Wildman–Crippen LogP) is 3.72. The van der Waals surface area contributed by atoms with Gasteiger partial charge in [0.2, 0.25) is 0 Å². The number of alkyl halides is 2. The van der Waals surface area contributed by atoms with Gasteiger partial charge in [-0.05, 0) is 17.0 Å². The van der Waals surface area contributed by atoms with Crippen LogP contribution in [0.1, 0.15) is 26.3 Å². The SMILES string of the molecule is CC(C)(C)c1ccc(OC(F)F)cc1F. The van der Waals surface area contributed by atoms with Crippen LogP contribution in [0.15, 0.2) is 18.2 Å². The molecule has 0 fully saturated rings. The molecule has 0 amide bonds. The van der Waals surface area contributed by atoms with E-state index in [9.17, 15) is 13.2 Å². The van der Waals surface area contributed by atoms with E-state index in [1.165, 1.54) is 12.1 Å². The Hall–Kier alpha value is -1.19. The summed E-state index contributed by atoms with van der Waals surface area (Å²) in [7, 11) is 0. The lowest BCUT2D eigenvalue weighted by Crippen LogP contribution is -2.13. The highest BCUT2D eigenvalue weighted by atomic mass is 19.3. The second-order valence-corrected chi connectivity index (χ2v) is 4.27. The van der Waals surface area contributed by atoms with E-state index in [0.717, 1.165) is 6.07 Å². The average Bonchev–Trinajstić information content (AvgIpc) is 1.99. The van der Waals surface area contributed by atoms with Crippen LogP contribution in [-0.4, -0.2) is 6.61 Å². The van der Waals surface area contributed by atoms with Crippen molar-refractivity contribution in [3.63, 3.8) is 0 Å². The molecule has 0 aromatic heterocycles. The maximum Gasteiger partial charge on any atom is 0.387 e. The quantitative estimate of drug-likeness (QED) is 0.735. The summed E-state index contributed by atoms with van der Waals surface area (Å²) in [6.07, 6.45) is 0. The molecule has 15 heavy (non-hydrogen) atoms. The van der Waals surface area contributed by atoms with Gasteiger partial charge in [0.15, 0.2) is 0 Å². The van der Waals surface area contributed by atoms with Crippen molar-refractivity contribution < 1.29 is 17.9 Å². The molecule has 0 aliphatic rings. The third-order valence-electron chi connectivity index (χ3n) is 1.97. The van der Waals surface area contributed by atoms with Crippen LogP contribution in [0.5, 0.6) is 5.75 Å². The van der Waals surface area contributed by atoms with E-state index in [4.69, 9.17) is 0 Å². The molecule has 4 heteroatoms. The van der Waals surface area contributed by atoms with E-state index >= 15 is 0 Å². The van der Waals surface area contributed by atoms with Crippen molar-refractivity contribution in [2.24, 2.45) is 0 Å². The van der Waals surface area contributed by atoms with Gasteiger partial charge < -0.3 is 4.74 Å². The first-order chi connectivity index (χ1) is 6.80. The lowest BCUT2D eigenvalue weighted by atomic mass is 9.87. The molecule has 0 saturated carbocycles. The van der Waals surface area contributed by atoms with Gasteiger partial charge in [-0.15, -0.1) is 0 Å². The fraction of sp³-hybridized carbons (Fsp3) is 0.455. The zero-order valence-corrected chi connectivity index (χ0v) is 8.85. The van der Waals surface area contributed by atoms with Crippen LogP contribution < -0.4 is 4.74 Å². The Morgan fingerprint density at radius 2 is 1.80 bits per heavy atom. The number of ether oxygens (including phenoxy) is 1. The first-order valence-electron chi connectivity index (χ1n) is 4.55. The van der Waals surface area contributed by atoms with E-state index in [-0.39, 0.29) is 11.2 Å². The zero-order valence-electron chi connectivity index (χ0n) is 8.85. The normalized spacial score (nSPS) is 11.9. The number of benzene rings is 1. The minimum absolute atomic E-state index is 0.157. The Bertz CT molecular complexity index is 342. The van der Waals surface area contributed by atoms with Crippen LogP contribution in [-0.2, 0) is 5.41 Å². The second kappa shape index (κ2) is 4.13. The topological polar surface area (TPSA) is 9.23 Å². The molecule has 0 atom stereocenters. The summed E-state index contributed by atoms with van der Waals surface area (Å²) in [5.41, 5.74) is 0.122. The highest BCUT2D eigenvalue weighted by molar-refractivity contribution is 5.32. The summed E-state index contributed by atoms with van der Waals surface area (Å²) in [4.78, 5) is 0. The van der Waals surface area contributed by atoms with E-state index in [1.54, 1.807) is 0 Å². The Balaban J connectivity index is 2.99. The van der Waals surface area contributed by atoms with Crippen LogP contribution in [0, 0.1) is 5.82 Å². The number of rotatable bonds is 2. The molecular formula is C11H13F3O. The standard InChI is InChI=1S/C11H13F3O/c1-11(2,3)8-5-4-7(6-9(8)12)15-10(13)14/h4-6,10H,1-3H3. The Morgan fingerprint density at radius 1 is 1.20 bits per heavy atom. The Morgan fingerprint density at radius 3 is 2.20 bits per heavy atom. The van der Waals surface area contributed by atoms with E-state index < -0.39 is 12.4 Å². The van der Waals surface area contributed by atoms with Crippen LogP contribution in [0.25, 0.3) is 0 Å². The summed E-state index contributed by atoms with van der Waals surface area (Å²) in [5, 5.41) is 0. The highest BCUT2D eigenvalue weighted by Crippen LogP contribution is 2.28. The van der Waals surface area contributed by atoms with Gasteiger partial charge in [-0.25, -0.2) is 4.39 Å². The van der Waals surface area contributed by atoms with Gasteiger partial charge in [0.25, 0.3) is 0 Å². The van der Waals surface area contributed by atoms with E-state index in [2.05, 4.69) is 4.74 Å². The van der Waals surface area contributed by atoms with Gasteiger partial charge in [-0.2, -0.15) is 8.78 Å². The summed E-state index contributed by atoms with van der Waals surface area (Å²) < 4.78 is 41.2. The van der Waals surface area contributed by atoms with E-state index in [1.807, 2.05) is 20.8 Å². The number of halogens is 3. The third kappa shape index (κ3) is 3.15. The largest absolute Gasteiger partial charge is 0.435 e. The third-order valence-corrected chi connectivity index (χ3v) is 1.97. The fourth-order valence-electron chi connectivity index (χ4n) is 1.28. The summed E-state index contributed by atoms with van der Waals surface area (Å²) in [6, 6.07) is 3.79. The molecule has 0 aliphatic heterocycles. The monoisotopic (exact) mass is 218 g/mol. The van der Waals surface area contributed by atoms with Gasteiger partial charge in [0.05, 0.1) is 0 Å². The molecular weight excluding hydrogens is 205 g/mol. The number of hydrogen-bond donors (Lipinski definition) is 0. The van der Waals surface area contributed by atoms with Crippen LogP contribution in [0.3, 0.4) is 0 Å². The molecule has 0 radical (unpaired) electrons. The molecule has 1 nitrogen and oxygen atoms in total. The van der Waals surface area contributed by atoms with Crippen molar-refractivity contribution in [1.29, 1.82) is 0 Å². The number of hydrogen-bond acceptors (Lipinski definition) is 1. The molecule has 84 valence electrons. The van der Waals surface area contributed by atoms with Gasteiger partial charge in [-0.1, -0.05) is 26.8 Å². The zero-order chi connectivity index (χ0) is 11.6. The first kappa shape index (κ1) is 11.9. The lowest BCUT2D eigenvalue weighted by molar-refractivity contribution is -0.0500. The maximum absolute atomic E-state index is 13.5. The minimum Gasteiger partial charge on any atom is -0.435 e. The van der Waals surface area contributed by atoms with Gasteiger partial charge in [0.1, 0.15) is 11.6 Å². The molecule has 0 N–H and O–H groups in total. The summed E-state index contributed by atoms with van der Waals surface area (Å²) >= 11 is 0. The molecule has 0 aliphatic carbocycles. The van der Waals surface area contributed by atoms with Crippen molar-refractivity contribution in [3.8, 4) is 5.75 Å². The Kier molecular flexibility index (Phi) is 3.27. The molecule has 0 saturated heterocycles. The molecule has 0 spiro atoms. The smallest absolute Gasteiger partial charge is 0.387 e. The molecule has 0 unspecified atom stereocenters. The van der Waals surface area contributed by atoms with Crippen LogP contribution in [0.2, 0.25) is 0 Å². The van der Waals surface area contributed by atoms with Crippen molar-refractivity contribution in [2.75, 3.05) is 0 Å². The van der Waals surface area contributed by atoms with Crippen molar-refractivity contribution in [1.82, 2.24) is 0 Å². The lowest BCUT2D eigenvalue weighted by Gasteiger charge is -2.20.